The van der Waals surface area contributed by atoms with Crippen LogP contribution < -0.4 is 0 Å². The van der Waals surface area contributed by atoms with Crippen molar-refractivity contribution in [2.45, 2.75) is 25.0 Å². The predicted octanol–water partition coefficient (Wildman–Crippen LogP) is 0.0582. The molecule has 1 aliphatic rings. The monoisotopic (exact) mass is 114 g/mol. The van der Waals surface area contributed by atoms with Crippen LogP contribution in [0, 0.1) is 0 Å². The van der Waals surface area contributed by atoms with E-state index in [9.17, 15) is 0 Å². The molecule has 0 saturated carbocycles. The molecule has 0 aromatic carbocycles. The van der Waals surface area contributed by atoms with E-state index in [0.29, 0.717) is 6.42 Å². The Balaban J connectivity index is 2.47. The molecule has 0 aliphatic heterocycles. The molecule has 2 nitrogen and oxygen atoms in total. The van der Waals surface area contributed by atoms with E-state index in [0.717, 1.165) is 6.42 Å². The Morgan fingerprint density at radius 1 is 1.38 bits per heavy atom. The zero-order valence-corrected chi connectivity index (χ0v) is 4.62. The van der Waals surface area contributed by atoms with E-state index in [1.165, 1.54) is 0 Å². The van der Waals surface area contributed by atoms with Crippen LogP contribution in [0.15, 0.2) is 12.2 Å². The maximum absolute atomic E-state index is 8.88. The second kappa shape index (κ2) is 2.29. The molecular formula is C6H10O2. The Labute approximate surface area is 48.5 Å². The Morgan fingerprint density at radius 3 is 2.50 bits per heavy atom. The smallest absolute Gasteiger partial charge is 0.0980 e. The Kier molecular flexibility index (Phi) is 1.65. The number of allylic oxidation sites excluding steroid dienone is 1. The third-order valence-corrected chi connectivity index (χ3v) is 1.36. The van der Waals surface area contributed by atoms with Crippen LogP contribution in [0.3, 0.4) is 0 Å². The van der Waals surface area contributed by atoms with Gasteiger partial charge in [-0.1, -0.05) is 12.2 Å². The van der Waals surface area contributed by atoms with Gasteiger partial charge in [0.1, 0.15) is 0 Å². The minimum absolute atomic E-state index is 0.528. The first-order valence-corrected chi connectivity index (χ1v) is 2.83. The summed E-state index contributed by atoms with van der Waals surface area (Å²) in [5, 5.41) is 17.7. The van der Waals surface area contributed by atoms with Gasteiger partial charge in [0, 0.05) is 0 Å². The van der Waals surface area contributed by atoms with Gasteiger partial charge in [-0.15, -0.1) is 0 Å². The molecule has 2 N–H and O–H groups in total. The van der Waals surface area contributed by atoms with E-state index in [-0.39, 0.29) is 0 Å². The molecule has 1 aliphatic carbocycles. The first-order chi connectivity index (χ1) is 3.80. The highest BCUT2D eigenvalue weighted by molar-refractivity contribution is 4.97. The molecule has 0 heterocycles. The van der Waals surface area contributed by atoms with Crippen molar-refractivity contribution < 1.29 is 10.2 Å². The van der Waals surface area contributed by atoms with Gasteiger partial charge in [0.2, 0.25) is 0 Å². The predicted molar refractivity (Wildman–Crippen MR) is 30.4 cm³/mol. The highest BCUT2D eigenvalue weighted by Crippen LogP contribution is 2.10. The Morgan fingerprint density at radius 2 is 2.12 bits per heavy atom. The van der Waals surface area contributed by atoms with E-state index in [4.69, 9.17) is 10.2 Å². The zero-order chi connectivity index (χ0) is 5.98. The largest absolute Gasteiger partial charge is 0.390 e. The molecule has 0 saturated heterocycles. The van der Waals surface area contributed by atoms with Crippen LogP contribution in [-0.4, -0.2) is 22.4 Å². The summed E-state index contributed by atoms with van der Waals surface area (Å²) in [5.41, 5.74) is 0. The third kappa shape index (κ3) is 1.08. The van der Waals surface area contributed by atoms with Crippen molar-refractivity contribution in [3.63, 3.8) is 0 Å². The van der Waals surface area contributed by atoms with Crippen molar-refractivity contribution in [3.8, 4) is 0 Å². The minimum Gasteiger partial charge on any atom is -0.390 e. The average molecular weight is 114 g/mol. The lowest BCUT2D eigenvalue weighted by Crippen LogP contribution is -2.25. The molecule has 2 atom stereocenters. The van der Waals surface area contributed by atoms with Crippen LogP contribution in [0.1, 0.15) is 12.8 Å². The molecule has 0 unspecified atom stereocenters. The van der Waals surface area contributed by atoms with E-state index in [1.807, 2.05) is 6.08 Å². The lowest BCUT2D eigenvalue weighted by atomic mass is 10.0. The third-order valence-electron chi connectivity index (χ3n) is 1.36. The number of aliphatic hydroxyl groups is 2. The molecule has 0 bridgehead atoms. The quantitative estimate of drug-likeness (QED) is 0.437. The van der Waals surface area contributed by atoms with Crippen molar-refractivity contribution in [1.82, 2.24) is 0 Å². The summed E-state index contributed by atoms with van der Waals surface area (Å²) in [6, 6.07) is 0. The van der Waals surface area contributed by atoms with Gasteiger partial charge in [-0.3, -0.25) is 0 Å². The van der Waals surface area contributed by atoms with Crippen LogP contribution in [0.4, 0.5) is 0 Å². The van der Waals surface area contributed by atoms with Gasteiger partial charge in [0.05, 0.1) is 12.2 Å². The Bertz CT molecular complexity index is 98.7. The maximum atomic E-state index is 8.88. The average Bonchev–Trinajstić information content (AvgIpc) is 1.77. The molecule has 2 heteroatoms. The molecule has 8 heavy (non-hydrogen) atoms. The van der Waals surface area contributed by atoms with Gasteiger partial charge in [0.25, 0.3) is 0 Å². The fourth-order valence-electron chi connectivity index (χ4n) is 0.802. The van der Waals surface area contributed by atoms with E-state index < -0.39 is 12.2 Å². The van der Waals surface area contributed by atoms with Crippen LogP contribution in [0.5, 0.6) is 0 Å². The summed E-state index contributed by atoms with van der Waals surface area (Å²) in [4.78, 5) is 0. The first kappa shape index (κ1) is 5.79. The molecule has 0 spiro atoms. The van der Waals surface area contributed by atoms with Gasteiger partial charge in [-0.2, -0.15) is 0 Å². The molecule has 0 aromatic rings. The molecule has 0 fully saturated rings. The van der Waals surface area contributed by atoms with E-state index >= 15 is 0 Å². The lowest BCUT2D eigenvalue weighted by molar-refractivity contribution is 0.0389. The van der Waals surface area contributed by atoms with E-state index in [1.54, 1.807) is 6.08 Å². The van der Waals surface area contributed by atoms with Crippen LogP contribution in [0.25, 0.3) is 0 Å². The van der Waals surface area contributed by atoms with Gasteiger partial charge >= 0.3 is 0 Å². The van der Waals surface area contributed by atoms with Gasteiger partial charge in [-0.05, 0) is 12.8 Å². The molecule has 1 rings (SSSR count). The van der Waals surface area contributed by atoms with Gasteiger partial charge in [-0.25, -0.2) is 0 Å². The van der Waals surface area contributed by atoms with Crippen LogP contribution in [0.2, 0.25) is 0 Å². The highest BCUT2D eigenvalue weighted by Gasteiger charge is 2.14. The summed E-state index contributed by atoms with van der Waals surface area (Å²) in [5.74, 6) is 0. The van der Waals surface area contributed by atoms with Gasteiger partial charge in [0.15, 0.2) is 0 Å². The molecular weight excluding hydrogens is 104 g/mol. The fraction of sp³-hybridized carbons (Fsp3) is 0.667. The maximum Gasteiger partial charge on any atom is 0.0980 e. The second-order valence-electron chi connectivity index (χ2n) is 2.06. The summed E-state index contributed by atoms with van der Waals surface area (Å²) < 4.78 is 0. The summed E-state index contributed by atoms with van der Waals surface area (Å²) in [7, 11) is 0. The van der Waals surface area contributed by atoms with Gasteiger partial charge < -0.3 is 10.2 Å². The van der Waals surface area contributed by atoms with Crippen molar-refractivity contribution in [1.29, 1.82) is 0 Å². The van der Waals surface area contributed by atoms with Crippen molar-refractivity contribution in [2.24, 2.45) is 0 Å². The Hall–Kier alpha value is -0.340. The number of aliphatic hydroxyl groups excluding tert-OH is 2. The lowest BCUT2D eigenvalue weighted by Gasteiger charge is -2.16. The standard InChI is InChI=1S/C6H10O2/c7-5-3-1-2-4-6(5)8/h1,3,5-8H,2,4H2/t5-,6-/m0/s1. The van der Waals surface area contributed by atoms with Crippen molar-refractivity contribution in [2.75, 3.05) is 0 Å². The highest BCUT2D eigenvalue weighted by atomic mass is 16.3. The number of hydrogen-bond acceptors (Lipinski definition) is 2. The first-order valence-electron chi connectivity index (χ1n) is 2.83. The van der Waals surface area contributed by atoms with Crippen LogP contribution in [-0.2, 0) is 0 Å². The summed E-state index contributed by atoms with van der Waals surface area (Å²) in [6.45, 7) is 0. The minimum atomic E-state index is -0.622. The molecule has 0 amide bonds. The zero-order valence-electron chi connectivity index (χ0n) is 4.62. The summed E-state index contributed by atoms with van der Waals surface area (Å²) in [6.07, 6.45) is 3.95. The number of hydrogen-bond donors (Lipinski definition) is 2. The van der Waals surface area contributed by atoms with Crippen LogP contribution >= 0.6 is 0 Å². The second-order valence-corrected chi connectivity index (χ2v) is 2.06. The van der Waals surface area contributed by atoms with Crippen molar-refractivity contribution >= 4 is 0 Å². The molecule has 0 radical (unpaired) electrons. The van der Waals surface area contributed by atoms with Crippen molar-refractivity contribution in [3.05, 3.63) is 12.2 Å². The SMILES string of the molecule is O[C@H]1C=CCC[C@@H]1O. The summed E-state index contributed by atoms with van der Waals surface area (Å²) >= 11 is 0. The normalized spacial score (nSPS) is 37.8. The fourth-order valence-corrected chi connectivity index (χ4v) is 0.802. The van der Waals surface area contributed by atoms with E-state index in [2.05, 4.69) is 0 Å². The topological polar surface area (TPSA) is 40.5 Å². The number of rotatable bonds is 0. The molecule has 46 valence electrons. The molecule has 0 aromatic heterocycles.